The van der Waals surface area contributed by atoms with Gasteiger partial charge in [-0.25, -0.2) is 4.98 Å². The maximum Gasteiger partial charge on any atom is 0.231 e. The van der Waals surface area contributed by atoms with Crippen molar-refractivity contribution in [1.82, 2.24) is 9.88 Å². The number of hydrogen-bond acceptors (Lipinski definition) is 6. The second-order valence-corrected chi connectivity index (χ2v) is 7.38. The van der Waals surface area contributed by atoms with Gasteiger partial charge in [-0.15, -0.1) is 0 Å². The molecule has 0 N–H and O–H groups in total. The Labute approximate surface area is 168 Å². The van der Waals surface area contributed by atoms with Crippen LogP contribution >= 0.6 is 0 Å². The summed E-state index contributed by atoms with van der Waals surface area (Å²) in [5, 5.41) is 0. The van der Waals surface area contributed by atoms with E-state index in [-0.39, 0.29) is 12.6 Å². The molecule has 29 heavy (non-hydrogen) atoms. The highest BCUT2D eigenvalue weighted by Gasteiger charge is 2.37. The van der Waals surface area contributed by atoms with E-state index in [9.17, 15) is 4.79 Å². The van der Waals surface area contributed by atoms with E-state index in [1.165, 1.54) is 0 Å². The van der Waals surface area contributed by atoms with Gasteiger partial charge in [-0.2, -0.15) is 0 Å². The number of carbonyl (C=O) groups is 1. The molecule has 0 bridgehead atoms. The number of aromatic nitrogens is 1. The Morgan fingerprint density at radius 1 is 1.03 bits per heavy atom. The van der Waals surface area contributed by atoms with Gasteiger partial charge in [0.15, 0.2) is 17.3 Å². The number of pyridine rings is 1. The van der Waals surface area contributed by atoms with Gasteiger partial charge in [0.1, 0.15) is 0 Å². The zero-order valence-electron chi connectivity index (χ0n) is 16.5. The molecule has 0 fully saturated rings. The topological polar surface area (TPSA) is 60.9 Å². The lowest BCUT2D eigenvalue weighted by Gasteiger charge is -2.19. The molecule has 0 saturated heterocycles. The monoisotopic (exact) mass is 388 g/mol. The minimum atomic E-state index is -0.0998. The van der Waals surface area contributed by atoms with Gasteiger partial charge in [0, 0.05) is 28.8 Å². The van der Waals surface area contributed by atoms with Gasteiger partial charge in [0.2, 0.25) is 12.7 Å². The molecule has 0 radical (unpaired) electrons. The molecule has 0 amide bonds. The van der Waals surface area contributed by atoms with Crippen molar-refractivity contribution in [3.05, 3.63) is 59.2 Å². The number of fused-ring (bicyclic) bond motifs is 4. The van der Waals surface area contributed by atoms with Gasteiger partial charge in [-0.3, -0.25) is 4.79 Å². The van der Waals surface area contributed by atoms with Crippen LogP contribution in [0.4, 0.5) is 0 Å². The highest BCUT2D eigenvalue weighted by atomic mass is 16.7. The first-order valence-corrected chi connectivity index (χ1v) is 9.38. The van der Waals surface area contributed by atoms with Crippen molar-refractivity contribution in [2.75, 3.05) is 28.0 Å². The fraction of sp³-hybridized carbons (Fsp3) is 0.217. The number of methoxy groups -OCH3 is 1. The number of rotatable bonds is 4. The molecular weight excluding hydrogens is 368 g/mol. The molecule has 5 rings (SSSR count). The number of hydrogen-bond donors (Lipinski definition) is 0. The highest BCUT2D eigenvalue weighted by molar-refractivity contribution is 6.24. The Morgan fingerprint density at radius 3 is 2.38 bits per heavy atom. The summed E-state index contributed by atoms with van der Waals surface area (Å²) in [4.78, 5) is 20.2. The number of nitrogens with zero attached hydrogens (tertiary/aromatic N) is 2. The van der Waals surface area contributed by atoms with E-state index < -0.39 is 0 Å². The summed E-state index contributed by atoms with van der Waals surface area (Å²) in [6.45, 7) is 0.795. The predicted molar refractivity (Wildman–Crippen MR) is 109 cm³/mol. The third-order valence-electron chi connectivity index (χ3n) is 5.23. The molecule has 3 aromatic rings. The first-order valence-electron chi connectivity index (χ1n) is 9.38. The number of ether oxygens (including phenoxy) is 3. The van der Waals surface area contributed by atoms with E-state index in [0.717, 1.165) is 27.9 Å². The summed E-state index contributed by atoms with van der Waals surface area (Å²) in [7, 11) is 5.55. The molecular formula is C23H20N2O4. The SMILES string of the molecule is COc1nc(-c2ccccc2)c(CN(C)C)c2c1C(=O)c1cc3c(cc1-2)OCO3. The van der Waals surface area contributed by atoms with Crippen LogP contribution in [0.1, 0.15) is 21.5 Å². The fourth-order valence-corrected chi connectivity index (χ4v) is 4.03. The van der Waals surface area contributed by atoms with Gasteiger partial charge in [-0.05, 0) is 31.8 Å². The third-order valence-corrected chi connectivity index (χ3v) is 5.23. The molecule has 6 nitrogen and oxygen atoms in total. The molecule has 2 heterocycles. The maximum absolute atomic E-state index is 13.3. The molecule has 0 spiro atoms. The van der Waals surface area contributed by atoms with Crippen LogP contribution < -0.4 is 14.2 Å². The van der Waals surface area contributed by atoms with Crippen LogP contribution in [0, 0.1) is 0 Å². The van der Waals surface area contributed by atoms with Gasteiger partial charge in [-0.1, -0.05) is 30.3 Å². The van der Waals surface area contributed by atoms with Crippen LogP contribution in [0.15, 0.2) is 42.5 Å². The first kappa shape index (κ1) is 17.7. The van der Waals surface area contributed by atoms with E-state index >= 15 is 0 Å². The minimum absolute atomic E-state index is 0.0998. The summed E-state index contributed by atoms with van der Waals surface area (Å²) >= 11 is 0. The van der Waals surface area contributed by atoms with Crippen molar-refractivity contribution < 1.29 is 19.0 Å². The van der Waals surface area contributed by atoms with Crippen molar-refractivity contribution in [2.24, 2.45) is 0 Å². The fourth-order valence-electron chi connectivity index (χ4n) is 4.03. The summed E-state index contributed by atoms with van der Waals surface area (Å²) in [6.07, 6.45) is 0. The summed E-state index contributed by atoms with van der Waals surface area (Å²) < 4.78 is 16.6. The van der Waals surface area contributed by atoms with Crippen LogP contribution in [-0.4, -0.2) is 43.7 Å². The van der Waals surface area contributed by atoms with E-state index in [2.05, 4.69) is 4.90 Å². The minimum Gasteiger partial charge on any atom is -0.480 e. The molecule has 1 aromatic heterocycles. The lowest BCUT2D eigenvalue weighted by atomic mass is 9.95. The molecule has 1 aliphatic heterocycles. The maximum atomic E-state index is 13.3. The molecule has 0 unspecified atom stereocenters. The summed E-state index contributed by atoms with van der Waals surface area (Å²) in [6, 6.07) is 13.6. The van der Waals surface area contributed by atoms with Crippen LogP contribution in [0.3, 0.4) is 0 Å². The van der Waals surface area contributed by atoms with Crippen molar-refractivity contribution in [2.45, 2.75) is 6.54 Å². The average Bonchev–Trinajstić information content (AvgIpc) is 3.30. The molecule has 6 heteroatoms. The zero-order valence-corrected chi connectivity index (χ0v) is 16.5. The van der Waals surface area contributed by atoms with Crippen molar-refractivity contribution in [3.8, 4) is 39.8 Å². The van der Waals surface area contributed by atoms with Gasteiger partial charge in [0.05, 0.1) is 18.4 Å². The standard InChI is InChI=1S/C23H20N2O4/c1-25(2)11-16-19-14-9-17-18(29-12-28-17)10-15(14)22(26)20(19)23(27-3)24-21(16)13-7-5-4-6-8-13/h4-10H,11-12H2,1-3H3. The van der Waals surface area contributed by atoms with Gasteiger partial charge in [0.25, 0.3) is 0 Å². The highest BCUT2D eigenvalue weighted by Crippen LogP contribution is 2.49. The van der Waals surface area contributed by atoms with Gasteiger partial charge >= 0.3 is 0 Å². The lowest BCUT2D eigenvalue weighted by Crippen LogP contribution is -2.14. The van der Waals surface area contributed by atoms with E-state index in [1.54, 1.807) is 13.2 Å². The van der Waals surface area contributed by atoms with E-state index in [0.29, 0.717) is 35.1 Å². The van der Waals surface area contributed by atoms with Crippen molar-refractivity contribution in [3.63, 3.8) is 0 Å². The number of ketones is 1. The van der Waals surface area contributed by atoms with Crippen LogP contribution in [0.25, 0.3) is 22.4 Å². The third kappa shape index (κ3) is 2.68. The zero-order chi connectivity index (χ0) is 20.1. The number of benzene rings is 2. The normalized spacial score (nSPS) is 13.6. The second kappa shape index (κ2) is 6.60. The van der Waals surface area contributed by atoms with E-state index in [4.69, 9.17) is 19.2 Å². The molecule has 0 atom stereocenters. The van der Waals surface area contributed by atoms with Crippen LogP contribution in [0.2, 0.25) is 0 Å². The summed E-state index contributed by atoms with van der Waals surface area (Å²) in [5.74, 6) is 1.48. The Morgan fingerprint density at radius 2 is 1.72 bits per heavy atom. The quantitative estimate of drug-likeness (QED) is 0.531. The van der Waals surface area contributed by atoms with E-state index in [1.807, 2.05) is 50.5 Å². The predicted octanol–water partition coefficient (Wildman–Crippen LogP) is 3.76. The van der Waals surface area contributed by atoms with Crippen LogP contribution in [-0.2, 0) is 6.54 Å². The Balaban J connectivity index is 1.85. The number of carbonyl (C=O) groups excluding carboxylic acids is 1. The Bertz CT molecular complexity index is 1140. The van der Waals surface area contributed by atoms with Crippen molar-refractivity contribution >= 4 is 5.78 Å². The second-order valence-electron chi connectivity index (χ2n) is 7.38. The lowest BCUT2D eigenvalue weighted by molar-refractivity contribution is 0.103. The smallest absolute Gasteiger partial charge is 0.231 e. The Hall–Kier alpha value is -3.38. The molecule has 2 aliphatic rings. The molecule has 1 aliphatic carbocycles. The first-order chi connectivity index (χ1) is 14.1. The molecule has 0 saturated carbocycles. The largest absolute Gasteiger partial charge is 0.480 e. The van der Waals surface area contributed by atoms with Gasteiger partial charge < -0.3 is 19.1 Å². The summed E-state index contributed by atoms with van der Waals surface area (Å²) in [5.41, 5.74) is 5.58. The van der Waals surface area contributed by atoms with Crippen LogP contribution in [0.5, 0.6) is 17.4 Å². The molecule has 146 valence electrons. The molecule has 2 aromatic carbocycles. The van der Waals surface area contributed by atoms with Crippen molar-refractivity contribution in [1.29, 1.82) is 0 Å². The average molecular weight is 388 g/mol. The Kier molecular flexibility index (Phi) is 4.03.